The number of nitrogens with one attached hydrogen (secondary N) is 1. The Balaban J connectivity index is 2.93. The number of carbonyl (C=O) groups is 1. The lowest BCUT2D eigenvalue weighted by Crippen LogP contribution is -2.39. The molecule has 0 aliphatic heterocycles. The molecule has 1 heterocycles. The highest BCUT2D eigenvalue weighted by atomic mass is 16.3. The number of amides is 1. The average molecular weight is 251 g/mol. The zero-order valence-electron chi connectivity index (χ0n) is 11.6. The predicted molar refractivity (Wildman–Crippen MR) is 71.8 cm³/mol. The molecule has 1 amide bonds. The summed E-state index contributed by atoms with van der Waals surface area (Å²) in [7, 11) is 3.44. The summed E-state index contributed by atoms with van der Waals surface area (Å²) < 4.78 is 0. The molecule has 1 rings (SSSR count). The number of aromatic nitrogens is 1. The van der Waals surface area contributed by atoms with Crippen molar-refractivity contribution in [1.29, 1.82) is 0 Å². The zero-order valence-corrected chi connectivity index (χ0v) is 11.6. The molecule has 0 saturated heterocycles. The van der Waals surface area contributed by atoms with Crippen molar-refractivity contribution in [1.82, 2.24) is 9.88 Å². The molecule has 0 radical (unpaired) electrons. The van der Waals surface area contributed by atoms with Gasteiger partial charge in [0.05, 0.1) is 5.60 Å². The Labute approximate surface area is 108 Å². The molecule has 2 N–H and O–H groups in total. The number of nitrogens with zero attached hydrogens (tertiary/aromatic N) is 2. The first-order valence-electron chi connectivity index (χ1n) is 5.87. The minimum atomic E-state index is -0.904. The number of likely N-dealkylation sites (N-methyl/N-ethyl adjacent to an activating group) is 1. The molecule has 0 atom stereocenters. The van der Waals surface area contributed by atoms with E-state index in [0.717, 1.165) is 5.69 Å². The largest absolute Gasteiger partial charge is 0.389 e. The fourth-order valence-electron chi connectivity index (χ4n) is 1.79. The topological polar surface area (TPSA) is 65.5 Å². The number of pyridine rings is 1. The highest BCUT2D eigenvalue weighted by Crippen LogP contribution is 2.13. The van der Waals surface area contributed by atoms with Crippen LogP contribution in [0.2, 0.25) is 0 Å². The molecule has 1 aromatic rings. The van der Waals surface area contributed by atoms with Gasteiger partial charge in [0.1, 0.15) is 5.82 Å². The molecular formula is C13H21N3O2. The van der Waals surface area contributed by atoms with E-state index >= 15 is 0 Å². The lowest BCUT2D eigenvalue weighted by atomic mass is 10.1. The van der Waals surface area contributed by atoms with E-state index in [0.29, 0.717) is 11.4 Å². The summed E-state index contributed by atoms with van der Waals surface area (Å²) in [5, 5.41) is 12.6. The molecular weight excluding hydrogens is 230 g/mol. The van der Waals surface area contributed by atoms with Crippen molar-refractivity contribution in [3.05, 3.63) is 23.4 Å². The molecule has 0 saturated carbocycles. The Bertz CT molecular complexity index is 438. The number of aliphatic hydroxyl groups is 1. The lowest BCUT2D eigenvalue weighted by Gasteiger charge is -2.25. The van der Waals surface area contributed by atoms with E-state index in [1.807, 2.05) is 6.92 Å². The van der Waals surface area contributed by atoms with Gasteiger partial charge in [0.2, 0.25) is 0 Å². The van der Waals surface area contributed by atoms with E-state index < -0.39 is 5.60 Å². The van der Waals surface area contributed by atoms with E-state index in [9.17, 15) is 9.90 Å². The summed E-state index contributed by atoms with van der Waals surface area (Å²) in [4.78, 5) is 17.9. The van der Waals surface area contributed by atoms with Gasteiger partial charge in [-0.05, 0) is 32.9 Å². The predicted octanol–water partition coefficient (Wildman–Crippen LogP) is 1.27. The Morgan fingerprint density at radius 2 is 2.11 bits per heavy atom. The molecule has 1 aromatic heterocycles. The van der Waals surface area contributed by atoms with Crippen molar-refractivity contribution in [2.75, 3.05) is 26.0 Å². The quantitative estimate of drug-likeness (QED) is 0.846. The number of carbonyl (C=O) groups excluding carboxylic acids is 1. The molecule has 0 unspecified atom stereocenters. The Hall–Kier alpha value is -1.62. The maximum Gasteiger partial charge on any atom is 0.253 e. The number of rotatable bonds is 4. The van der Waals surface area contributed by atoms with Crippen molar-refractivity contribution < 1.29 is 9.90 Å². The molecule has 0 aliphatic carbocycles. The smallest absolute Gasteiger partial charge is 0.253 e. The van der Waals surface area contributed by atoms with Gasteiger partial charge in [-0.1, -0.05) is 0 Å². The van der Waals surface area contributed by atoms with Crippen LogP contribution in [0.1, 0.15) is 29.9 Å². The Kier molecular flexibility index (Phi) is 4.29. The highest BCUT2D eigenvalue weighted by Gasteiger charge is 2.20. The second kappa shape index (κ2) is 5.35. The third kappa shape index (κ3) is 4.00. The van der Waals surface area contributed by atoms with Gasteiger partial charge in [-0.2, -0.15) is 0 Å². The van der Waals surface area contributed by atoms with E-state index in [4.69, 9.17) is 0 Å². The summed E-state index contributed by atoms with van der Waals surface area (Å²) in [5.41, 5.74) is 0.443. The third-order valence-corrected chi connectivity index (χ3v) is 2.43. The van der Waals surface area contributed by atoms with Crippen LogP contribution in [0.3, 0.4) is 0 Å². The van der Waals surface area contributed by atoms with Gasteiger partial charge < -0.3 is 15.3 Å². The van der Waals surface area contributed by atoms with Gasteiger partial charge in [0.15, 0.2) is 0 Å². The highest BCUT2D eigenvalue weighted by molar-refractivity contribution is 5.94. The molecule has 0 bridgehead atoms. The molecule has 0 aliphatic rings. The van der Waals surface area contributed by atoms with Crippen molar-refractivity contribution >= 4 is 11.7 Å². The fraction of sp³-hybridized carbons (Fsp3) is 0.538. The minimum absolute atomic E-state index is 0.126. The van der Waals surface area contributed by atoms with Crippen LogP contribution in [0, 0.1) is 6.92 Å². The van der Waals surface area contributed by atoms with E-state index in [2.05, 4.69) is 10.3 Å². The summed E-state index contributed by atoms with van der Waals surface area (Å²) in [6, 6.07) is 3.44. The average Bonchev–Trinajstić information content (AvgIpc) is 2.24. The van der Waals surface area contributed by atoms with Crippen LogP contribution < -0.4 is 5.32 Å². The molecule has 100 valence electrons. The molecule has 18 heavy (non-hydrogen) atoms. The maximum atomic E-state index is 12.2. The number of aryl methyl sites for hydroxylation is 1. The number of hydrogen-bond acceptors (Lipinski definition) is 4. The lowest BCUT2D eigenvalue weighted by molar-refractivity contribution is 0.0368. The number of anilines is 1. The maximum absolute atomic E-state index is 12.2. The van der Waals surface area contributed by atoms with Crippen LogP contribution in [0.25, 0.3) is 0 Å². The van der Waals surface area contributed by atoms with Gasteiger partial charge in [0.25, 0.3) is 5.91 Å². The van der Waals surface area contributed by atoms with E-state index in [1.54, 1.807) is 40.1 Å². The first-order valence-corrected chi connectivity index (χ1v) is 5.87. The van der Waals surface area contributed by atoms with Gasteiger partial charge in [-0.25, -0.2) is 4.98 Å². The van der Waals surface area contributed by atoms with Crippen molar-refractivity contribution in [3.8, 4) is 0 Å². The standard InChI is InChI=1S/C13H21N3O2/c1-9-6-10(7-11(14-4)15-9)12(17)16(5)8-13(2,3)18/h6-7,18H,8H2,1-5H3,(H,14,15). The Morgan fingerprint density at radius 1 is 1.50 bits per heavy atom. The fourth-order valence-corrected chi connectivity index (χ4v) is 1.79. The normalized spacial score (nSPS) is 11.2. The van der Waals surface area contributed by atoms with Crippen LogP contribution in [-0.2, 0) is 0 Å². The van der Waals surface area contributed by atoms with E-state index in [-0.39, 0.29) is 12.5 Å². The van der Waals surface area contributed by atoms with Gasteiger partial charge in [-0.15, -0.1) is 0 Å². The SMILES string of the molecule is CNc1cc(C(=O)N(C)CC(C)(C)O)cc(C)n1. The van der Waals surface area contributed by atoms with Crippen LogP contribution in [0.15, 0.2) is 12.1 Å². The first-order chi connectivity index (χ1) is 8.23. The Morgan fingerprint density at radius 3 is 2.61 bits per heavy atom. The molecule has 5 nitrogen and oxygen atoms in total. The third-order valence-electron chi connectivity index (χ3n) is 2.43. The molecule has 0 aromatic carbocycles. The summed E-state index contributed by atoms with van der Waals surface area (Å²) >= 11 is 0. The summed E-state index contributed by atoms with van der Waals surface area (Å²) in [6.07, 6.45) is 0. The molecule has 5 heteroatoms. The first kappa shape index (κ1) is 14.4. The van der Waals surface area contributed by atoms with Crippen molar-refractivity contribution in [2.24, 2.45) is 0 Å². The van der Waals surface area contributed by atoms with Crippen LogP contribution in [0.4, 0.5) is 5.82 Å². The van der Waals surface area contributed by atoms with Gasteiger partial charge >= 0.3 is 0 Å². The van der Waals surface area contributed by atoms with Crippen LogP contribution in [-0.4, -0.2) is 47.1 Å². The van der Waals surface area contributed by atoms with E-state index in [1.165, 1.54) is 4.90 Å². The monoisotopic (exact) mass is 251 g/mol. The van der Waals surface area contributed by atoms with Crippen LogP contribution in [0.5, 0.6) is 0 Å². The second-order valence-electron chi connectivity index (χ2n) is 5.11. The summed E-state index contributed by atoms with van der Waals surface area (Å²) in [5.74, 6) is 0.536. The second-order valence-corrected chi connectivity index (χ2v) is 5.11. The minimum Gasteiger partial charge on any atom is -0.389 e. The van der Waals surface area contributed by atoms with Crippen molar-refractivity contribution in [3.63, 3.8) is 0 Å². The van der Waals surface area contributed by atoms with Crippen molar-refractivity contribution in [2.45, 2.75) is 26.4 Å². The van der Waals surface area contributed by atoms with Gasteiger partial charge in [0, 0.05) is 31.9 Å². The molecule has 0 spiro atoms. The van der Waals surface area contributed by atoms with Crippen LogP contribution >= 0.6 is 0 Å². The molecule has 0 fully saturated rings. The zero-order chi connectivity index (χ0) is 13.9. The van der Waals surface area contributed by atoms with Gasteiger partial charge in [-0.3, -0.25) is 4.79 Å². The number of hydrogen-bond donors (Lipinski definition) is 2. The summed E-state index contributed by atoms with van der Waals surface area (Å²) in [6.45, 7) is 5.47.